The third-order valence-corrected chi connectivity index (χ3v) is 4.71. The van der Waals surface area contributed by atoms with Gasteiger partial charge in [-0.05, 0) is 26.0 Å². The number of esters is 1. The molecule has 0 saturated heterocycles. The minimum Gasteiger partial charge on any atom is -0.463 e. The first-order chi connectivity index (χ1) is 14.4. The summed E-state index contributed by atoms with van der Waals surface area (Å²) < 4.78 is 58.0. The van der Waals surface area contributed by atoms with Crippen LogP contribution in [0.2, 0.25) is 5.02 Å². The van der Waals surface area contributed by atoms with E-state index in [0.717, 1.165) is 12.1 Å². The minimum atomic E-state index is -4.98. The van der Waals surface area contributed by atoms with E-state index in [1.165, 1.54) is 11.9 Å². The topological polar surface area (TPSA) is 103 Å². The van der Waals surface area contributed by atoms with Gasteiger partial charge < -0.3 is 14.6 Å². The second-order valence-electron chi connectivity index (χ2n) is 6.70. The van der Waals surface area contributed by atoms with E-state index in [2.05, 4.69) is 5.16 Å². The summed E-state index contributed by atoms with van der Waals surface area (Å²) in [5.74, 6) is -1.85. The number of benzene rings is 1. The molecule has 2 aromatic rings. The van der Waals surface area contributed by atoms with Crippen molar-refractivity contribution in [2.45, 2.75) is 32.0 Å². The molecule has 1 N–H and O–H groups in total. The van der Waals surface area contributed by atoms with E-state index in [1.54, 1.807) is 6.92 Å². The zero-order chi connectivity index (χ0) is 23.1. The van der Waals surface area contributed by atoms with E-state index in [0.29, 0.717) is 0 Å². The highest BCUT2D eigenvalue weighted by Gasteiger charge is 2.44. The van der Waals surface area contributed by atoms with Gasteiger partial charge in [-0.15, -0.1) is 0 Å². The fourth-order valence-electron chi connectivity index (χ4n) is 2.88. The Kier molecular flexibility index (Phi) is 5.70. The summed E-state index contributed by atoms with van der Waals surface area (Å²) in [6, 6.07) is 1.85. The van der Waals surface area contributed by atoms with Gasteiger partial charge in [0.2, 0.25) is 5.60 Å². The van der Waals surface area contributed by atoms with Crippen molar-refractivity contribution in [2.24, 2.45) is 5.16 Å². The van der Waals surface area contributed by atoms with Crippen molar-refractivity contribution in [3.63, 3.8) is 0 Å². The lowest BCUT2D eigenvalue weighted by molar-refractivity contribution is -0.166. The van der Waals surface area contributed by atoms with Crippen LogP contribution in [-0.2, 0) is 20.5 Å². The quantitative estimate of drug-likeness (QED) is 0.555. The lowest BCUT2D eigenvalue weighted by Crippen LogP contribution is -2.37. The number of alkyl halides is 3. The number of nitrogens with zero attached hydrogens (tertiary/aromatic N) is 2. The van der Waals surface area contributed by atoms with Crippen LogP contribution in [0.1, 0.15) is 31.5 Å². The van der Waals surface area contributed by atoms with Crippen LogP contribution in [0.5, 0.6) is 0 Å². The van der Waals surface area contributed by atoms with Crippen LogP contribution in [0.3, 0.4) is 0 Å². The van der Waals surface area contributed by atoms with Gasteiger partial charge in [0.15, 0.2) is 0 Å². The molecule has 0 bridgehead atoms. The third-order valence-electron chi connectivity index (χ3n) is 4.40. The number of hydrogen-bond donors (Lipinski definition) is 1. The average Bonchev–Trinajstić information content (AvgIpc) is 3.05. The van der Waals surface area contributed by atoms with Crippen molar-refractivity contribution in [3.05, 3.63) is 61.1 Å². The molecule has 0 aliphatic carbocycles. The summed E-state index contributed by atoms with van der Waals surface area (Å²) in [6.45, 7) is 3.10. The van der Waals surface area contributed by atoms with Crippen LogP contribution < -0.4 is 11.2 Å². The van der Waals surface area contributed by atoms with E-state index in [-0.39, 0.29) is 40.0 Å². The highest BCUT2D eigenvalue weighted by Crippen LogP contribution is 2.32. The number of carbonyl (C=O) groups excluding carboxylic acids is 1. The zero-order valence-electron chi connectivity index (χ0n) is 16.0. The Morgan fingerprint density at radius 3 is 2.61 bits per heavy atom. The standard InChI is InChI=1S/C18H14ClF4N3O5/c1-3-30-15(28)17(2)7-11(25-31-17)8-4-12(10(20)5-9(8)19)26-14(27)6-13(18(21,22)23)24-16(26)29/h4-6H,3,7H2,1-2H3,(H,24,29). The van der Waals surface area contributed by atoms with Crippen molar-refractivity contribution >= 4 is 23.3 Å². The molecule has 2 heterocycles. The predicted molar refractivity (Wildman–Crippen MR) is 99.9 cm³/mol. The Labute approximate surface area is 176 Å². The van der Waals surface area contributed by atoms with Crippen LogP contribution in [0.4, 0.5) is 17.6 Å². The van der Waals surface area contributed by atoms with Gasteiger partial charge in [-0.3, -0.25) is 4.79 Å². The number of nitrogens with one attached hydrogen (secondary N) is 1. The Bertz CT molecular complexity index is 1170. The number of aromatic nitrogens is 2. The van der Waals surface area contributed by atoms with Gasteiger partial charge in [-0.25, -0.2) is 18.5 Å². The van der Waals surface area contributed by atoms with Gasteiger partial charge in [0.25, 0.3) is 5.56 Å². The van der Waals surface area contributed by atoms with Crippen LogP contribution in [0.15, 0.2) is 32.9 Å². The van der Waals surface area contributed by atoms with E-state index >= 15 is 0 Å². The molecule has 13 heteroatoms. The number of hydrogen-bond acceptors (Lipinski definition) is 6. The molecule has 8 nitrogen and oxygen atoms in total. The van der Waals surface area contributed by atoms with Crippen molar-refractivity contribution < 1.29 is 31.9 Å². The second kappa shape index (κ2) is 7.84. The maximum absolute atomic E-state index is 14.5. The maximum Gasteiger partial charge on any atom is 0.431 e. The van der Waals surface area contributed by atoms with E-state index < -0.39 is 46.2 Å². The molecule has 1 aliphatic heterocycles. The van der Waals surface area contributed by atoms with Crippen LogP contribution in [0, 0.1) is 5.82 Å². The number of aromatic amines is 1. The zero-order valence-corrected chi connectivity index (χ0v) is 16.7. The summed E-state index contributed by atoms with van der Waals surface area (Å²) >= 11 is 6.05. The van der Waals surface area contributed by atoms with Crippen molar-refractivity contribution in [3.8, 4) is 5.69 Å². The Morgan fingerprint density at radius 1 is 1.35 bits per heavy atom. The number of ether oxygens (including phenoxy) is 1. The average molecular weight is 464 g/mol. The van der Waals surface area contributed by atoms with Gasteiger partial charge in [-0.1, -0.05) is 16.8 Å². The summed E-state index contributed by atoms with van der Waals surface area (Å²) in [4.78, 5) is 43.0. The first kappa shape index (κ1) is 22.5. The van der Waals surface area contributed by atoms with Gasteiger partial charge in [0, 0.05) is 18.1 Å². The molecule has 1 aliphatic rings. The third kappa shape index (κ3) is 4.20. The van der Waals surface area contributed by atoms with E-state index in [9.17, 15) is 31.9 Å². The highest BCUT2D eigenvalue weighted by molar-refractivity contribution is 6.34. The summed E-state index contributed by atoms with van der Waals surface area (Å²) in [5, 5.41) is 3.58. The fourth-order valence-corrected chi connectivity index (χ4v) is 3.14. The number of rotatable bonds is 4. The Morgan fingerprint density at radius 2 is 2.03 bits per heavy atom. The maximum atomic E-state index is 14.5. The SMILES string of the molecule is CCOC(=O)C1(C)CC(c2cc(-n3c(=O)cc(C(F)(F)F)[nH]c3=O)c(F)cc2Cl)=NO1. The first-order valence-corrected chi connectivity index (χ1v) is 9.11. The van der Waals surface area contributed by atoms with Gasteiger partial charge in [-0.2, -0.15) is 13.2 Å². The molecular formula is C18H14ClF4N3O5. The molecule has 0 radical (unpaired) electrons. The molecule has 1 aromatic carbocycles. The molecule has 1 unspecified atom stereocenters. The monoisotopic (exact) mass is 463 g/mol. The van der Waals surface area contributed by atoms with Crippen LogP contribution >= 0.6 is 11.6 Å². The number of H-pyrrole nitrogens is 1. The molecule has 31 heavy (non-hydrogen) atoms. The molecule has 3 rings (SSSR count). The summed E-state index contributed by atoms with van der Waals surface area (Å²) in [6.07, 6.45) is -5.11. The largest absolute Gasteiger partial charge is 0.463 e. The molecule has 0 spiro atoms. The first-order valence-electron chi connectivity index (χ1n) is 8.73. The molecule has 0 amide bonds. The Balaban J connectivity index is 2.08. The van der Waals surface area contributed by atoms with Crippen LogP contribution in [-0.4, -0.2) is 33.4 Å². The van der Waals surface area contributed by atoms with E-state index in [1.807, 2.05) is 0 Å². The second-order valence-corrected chi connectivity index (χ2v) is 7.11. The predicted octanol–water partition coefficient (Wildman–Crippen LogP) is 2.78. The number of carbonyl (C=O) groups is 1. The van der Waals surface area contributed by atoms with Gasteiger partial charge >= 0.3 is 17.8 Å². The van der Waals surface area contributed by atoms with Gasteiger partial charge in [0.05, 0.1) is 23.0 Å². The smallest absolute Gasteiger partial charge is 0.431 e. The molecule has 166 valence electrons. The fraction of sp³-hybridized carbons (Fsp3) is 0.333. The highest BCUT2D eigenvalue weighted by atomic mass is 35.5. The van der Waals surface area contributed by atoms with Crippen molar-refractivity contribution in [1.29, 1.82) is 0 Å². The summed E-state index contributed by atoms with van der Waals surface area (Å²) in [7, 11) is 0. The molecule has 0 fully saturated rings. The summed E-state index contributed by atoms with van der Waals surface area (Å²) in [5.41, 5.74) is -6.54. The number of oxime groups is 1. The molecule has 0 saturated carbocycles. The normalized spacial score (nSPS) is 18.5. The van der Waals surface area contributed by atoms with Crippen LogP contribution in [0.25, 0.3) is 5.69 Å². The van der Waals surface area contributed by atoms with Crippen molar-refractivity contribution in [1.82, 2.24) is 9.55 Å². The van der Waals surface area contributed by atoms with Crippen molar-refractivity contribution in [2.75, 3.05) is 6.61 Å². The molecular weight excluding hydrogens is 450 g/mol. The van der Waals surface area contributed by atoms with Gasteiger partial charge in [0.1, 0.15) is 11.5 Å². The lowest BCUT2D eigenvalue weighted by Gasteiger charge is -2.18. The number of halogens is 5. The van der Waals surface area contributed by atoms with E-state index in [4.69, 9.17) is 21.2 Å². The Hall–Kier alpha value is -3.15. The minimum absolute atomic E-state index is 0.0114. The molecule has 1 aromatic heterocycles. The molecule has 1 atom stereocenters. The lowest BCUT2D eigenvalue weighted by atomic mass is 9.95.